The van der Waals surface area contributed by atoms with E-state index in [1.165, 1.54) is 24.3 Å². The molecule has 0 unspecified atom stereocenters. The molecule has 0 bridgehead atoms. The molecule has 3 nitrogen and oxygen atoms in total. The molecule has 1 aromatic heterocycles. The van der Waals surface area contributed by atoms with Crippen LogP contribution in [0.1, 0.15) is 0 Å². The molecule has 0 saturated heterocycles. The Morgan fingerprint density at radius 2 is 1.67 bits per heavy atom. The second-order valence-corrected chi connectivity index (χ2v) is 5.97. The van der Waals surface area contributed by atoms with Gasteiger partial charge in [0.1, 0.15) is 28.4 Å². The monoisotopic (exact) mass is 413 g/mol. The highest BCUT2D eigenvalue weighted by molar-refractivity contribution is 9.10. The number of hydrogen-bond acceptors (Lipinski definition) is 3. The van der Waals surface area contributed by atoms with Crippen molar-refractivity contribution in [2.75, 3.05) is 5.32 Å². The van der Waals surface area contributed by atoms with E-state index in [1.54, 1.807) is 6.07 Å². The van der Waals surface area contributed by atoms with Gasteiger partial charge in [0.2, 0.25) is 0 Å². The third-order valence-electron chi connectivity index (χ3n) is 3.03. The van der Waals surface area contributed by atoms with E-state index in [1.807, 2.05) is 0 Å². The number of nitrogens with one attached hydrogen (secondary N) is 1. The first-order valence-corrected chi connectivity index (χ1v) is 7.81. The van der Waals surface area contributed by atoms with Crippen LogP contribution < -0.4 is 5.32 Å². The van der Waals surface area contributed by atoms with Gasteiger partial charge in [-0.25, -0.2) is 23.1 Å². The summed E-state index contributed by atoms with van der Waals surface area (Å²) in [6.07, 6.45) is 0. The number of halogens is 5. The van der Waals surface area contributed by atoms with Gasteiger partial charge in [-0.3, -0.25) is 0 Å². The van der Waals surface area contributed by atoms with Crippen molar-refractivity contribution in [1.29, 1.82) is 0 Å². The summed E-state index contributed by atoms with van der Waals surface area (Å²) in [5, 5.41) is 2.85. The molecule has 0 spiro atoms. The molecule has 0 fully saturated rings. The summed E-state index contributed by atoms with van der Waals surface area (Å²) in [6.45, 7) is 0. The van der Waals surface area contributed by atoms with Crippen molar-refractivity contribution < 1.29 is 13.2 Å². The number of hydrogen-bond donors (Lipinski definition) is 1. The van der Waals surface area contributed by atoms with Gasteiger partial charge in [0, 0.05) is 17.3 Å². The summed E-state index contributed by atoms with van der Waals surface area (Å²) in [7, 11) is 0. The fourth-order valence-corrected chi connectivity index (χ4v) is 2.43. The average molecular weight is 415 g/mol. The molecule has 0 aliphatic rings. The van der Waals surface area contributed by atoms with Crippen LogP contribution in [-0.4, -0.2) is 9.97 Å². The zero-order chi connectivity index (χ0) is 17.3. The maximum atomic E-state index is 13.6. The van der Waals surface area contributed by atoms with Crippen LogP contribution in [0.15, 0.2) is 46.9 Å². The number of nitrogens with zero attached hydrogens (tertiary/aromatic N) is 2. The Hall–Kier alpha value is -2.12. The van der Waals surface area contributed by atoms with Gasteiger partial charge in [0.05, 0.1) is 4.47 Å². The summed E-state index contributed by atoms with van der Waals surface area (Å²) in [5.74, 6) is -1.56. The van der Waals surface area contributed by atoms with Gasteiger partial charge in [-0.2, -0.15) is 0 Å². The van der Waals surface area contributed by atoms with Crippen molar-refractivity contribution in [1.82, 2.24) is 9.97 Å². The quantitative estimate of drug-likeness (QED) is 0.440. The molecular weight excluding hydrogens is 407 g/mol. The standard InChI is InChI=1S/C16H8BrClF3N3/c17-15-11(20)5-10(6-12(15)21)22-14-7-13(18)23-16(24-14)8-2-1-3-9(19)4-8/h1-7H,(H,22,23,24). The van der Waals surface area contributed by atoms with Crippen LogP contribution in [0.4, 0.5) is 24.7 Å². The number of aromatic nitrogens is 2. The largest absolute Gasteiger partial charge is 0.340 e. The first-order valence-electron chi connectivity index (χ1n) is 6.64. The van der Waals surface area contributed by atoms with Crippen LogP contribution in [0.25, 0.3) is 11.4 Å². The normalized spacial score (nSPS) is 10.7. The third kappa shape index (κ3) is 3.68. The van der Waals surface area contributed by atoms with Gasteiger partial charge in [0.15, 0.2) is 5.82 Å². The second kappa shape index (κ2) is 6.78. The summed E-state index contributed by atoms with van der Waals surface area (Å²) in [6, 6.07) is 9.28. The van der Waals surface area contributed by atoms with Gasteiger partial charge in [-0.05, 0) is 40.2 Å². The Morgan fingerprint density at radius 1 is 0.958 bits per heavy atom. The van der Waals surface area contributed by atoms with E-state index in [9.17, 15) is 13.2 Å². The topological polar surface area (TPSA) is 37.8 Å². The second-order valence-electron chi connectivity index (χ2n) is 4.79. The van der Waals surface area contributed by atoms with E-state index < -0.39 is 17.5 Å². The Balaban J connectivity index is 1.98. The summed E-state index contributed by atoms with van der Waals surface area (Å²) in [4.78, 5) is 8.22. The van der Waals surface area contributed by atoms with Crippen LogP contribution in [0.3, 0.4) is 0 Å². The molecule has 8 heteroatoms. The predicted molar refractivity (Wildman–Crippen MR) is 89.8 cm³/mol. The molecule has 0 radical (unpaired) electrons. The molecule has 1 N–H and O–H groups in total. The van der Waals surface area contributed by atoms with E-state index in [0.717, 1.165) is 12.1 Å². The Bertz CT molecular complexity index is 898. The lowest BCUT2D eigenvalue weighted by atomic mass is 10.2. The molecule has 2 aromatic carbocycles. The maximum absolute atomic E-state index is 13.6. The Kier molecular flexibility index (Phi) is 4.73. The van der Waals surface area contributed by atoms with Crippen LogP contribution in [0, 0.1) is 17.5 Å². The molecule has 0 amide bonds. The lowest BCUT2D eigenvalue weighted by Crippen LogP contribution is -1.99. The van der Waals surface area contributed by atoms with E-state index in [-0.39, 0.29) is 27.0 Å². The minimum atomic E-state index is -0.761. The van der Waals surface area contributed by atoms with Crippen LogP contribution in [0.5, 0.6) is 0 Å². The zero-order valence-electron chi connectivity index (χ0n) is 11.8. The molecule has 3 aromatic rings. The number of rotatable bonds is 3. The smallest absolute Gasteiger partial charge is 0.163 e. The zero-order valence-corrected chi connectivity index (χ0v) is 14.2. The summed E-state index contributed by atoms with van der Waals surface area (Å²) < 4.78 is 40.2. The highest BCUT2D eigenvalue weighted by atomic mass is 79.9. The lowest BCUT2D eigenvalue weighted by molar-refractivity contribution is 0.573. The number of benzene rings is 2. The van der Waals surface area contributed by atoms with Gasteiger partial charge in [-0.1, -0.05) is 23.7 Å². The highest BCUT2D eigenvalue weighted by Gasteiger charge is 2.11. The van der Waals surface area contributed by atoms with E-state index >= 15 is 0 Å². The SMILES string of the molecule is Fc1cccc(-c2nc(Cl)cc(Nc3cc(F)c(Br)c(F)c3)n2)c1. The fourth-order valence-electron chi connectivity index (χ4n) is 2.01. The molecule has 24 heavy (non-hydrogen) atoms. The first-order chi connectivity index (χ1) is 11.4. The van der Waals surface area contributed by atoms with Crippen molar-refractivity contribution in [2.45, 2.75) is 0 Å². The molecule has 122 valence electrons. The molecule has 0 saturated carbocycles. The lowest BCUT2D eigenvalue weighted by Gasteiger charge is -2.09. The molecule has 0 aliphatic heterocycles. The third-order valence-corrected chi connectivity index (χ3v) is 3.99. The molecular formula is C16H8BrClF3N3. The van der Waals surface area contributed by atoms with Crippen molar-refractivity contribution in [3.05, 3.63) is 69.5 Å². The molecule has 3 rings (SSSR count). The van der Waals surface area contributed by atoms with Crippen LogP contribution >= 0.6 is 27.5 Å². The average Bonchev–Trinajstić information content (AvgIpc) is 2.52. The minimum Gasteiger partial charge on any atom is -0.340 e. The maximum Gasteiger partial charge on any atom is 0.163 e. The first kappa shape index (κ1) is 16.7. The van der Waals surface area contributed by atoms with Crippen molar-refractivity contribution in [3.8, 4) is 11.4 Å². The van der Waals surface area contributed by atoms with Crippen molar-refractivity contribution in [3.63, 3.8) is 0 Å². The predicted octanol–water partition coefficient (Wildman–Crippen LogP) is 5.72. The van der Waals surface area contributed by atoms with Crippen LogP contribution in [0.2, 0.25) is 5.15 Å². The van der Waals surface area contributed by atoms with Crippen molar-refractivity contribution in [2.24, 2.45) is 0 Å². The highest BCUT2D eigenvalue weighted by Crippen LogP contribution is 2.27. The molecule has 0 atom stereocenters. The summed E-state index contributed by atoms with van der Waals surface area (Å²) in [5.41, 5.74) is 0.571. The van der Waals surface area contributed by atoms with Crippen molar-refractivity contribution >= 4 is 39.0 Å². The molecule has 0 aliphatic carbocycles. The van der Waals surface area contributed by atoms with Gasteiger partial charge in [-0.15, -0.1) is 0 Å². The fraction of sp³-hybridized carbons (Fsp3) is 0. The van der Waals surface area contributed by atoms with Gasteiger partial charge >= 0.3 is 0 Å². The number of anilines is 2. The minimum absolute atomic E-state index is 0.102. The Labute approximate surface area is 148 Å². The van der Waals surface area contributed by atoms with Crippen LogP contribution in [-0.2, 0) is 0 Å². The molecule has 1 heterocycles. The Morgan fingerprint density at radius 3 is 2.33 bits per heavy atom. The summed E-state index contributed by atoms with van der Waals surface area (Å²) >= 11 is 8.75. The van der Waals surface area contributed by atoms with E-state index in [4.69, 9.17) is 11.6 Å². The van der Waals surface area contributed by atoms with E-state index in [2.05, 4.69) is 31.2 Å². The van der Waals surface area contributed by atoms with Gasteiger partial charge < -0.3 is 5.32 Å². The van der Waals surface area contributed by atoms with E-state index in [0.29, 0.717) is 5.56 Å². The van der Waals surface area contributed by atoms with Gasteiger partial charge in [0.25, 0.3) is 0 Å².